The number of terminal acetylenes is 1. The van der Waals surface area contributed by atoms with E-state index in [2.05, 4.69) is 16.0 Å². The van der Waals surface area contributed by atoms with Crippen LogP contribution in [0.5, 0.6) is 0 Å². The first-order valence-electron chi connectivity index (χ1n) is 4.25. The lowest BCUT2D eigenvalue weighted by molar-refractivity contribution is -0.146. The number of carbonyl (C=O) groups excluding carboxylic acids is 2. The number of carbonyl (C=O) groups is 2. The highest BCUT2D eigenvalue weighted by atomic mass is 16.5. The fraction of sp³-hybridized carbons (Fsp3) is 0.400. The Kier molecular flexibility index (Phi) is 5.13. The maximum atomic E-state index is 11.4. The van der Waals surface area contributed by atoms with E-state index in [1.165, 1.54) is 26.2 Å². The van der Waals surface area contributed by atoms with Gasteiger partial charge in [-0.05, 0) is 6.08 Å². The Morgan fingerprint density at radius 2 is 2.27 bits per heavy atom. The van der Waals surface area contributed by atoms with Crippen LogP contribution in [0.15, 0.2) is 12.2 Å². The van der Waals surface area contributed by atoms with E-state index >= 15 is 0 Å². The molecule has 0 heterocycles. The molecule has 5 heteroatoms. The van der Waals surface area contributed by atoms with Gasteiger partial charge < -0.3 is 15.8 Å². The van der Waals surface area contributed by atoms with Gasteiger partial charge in [-0.25, -0.2) is 4.79 Å². The van der Waals surface area contributed by atoms with Crippen molar-refractivity contribution in [2.24, 2.45) is 5.73 Å². The minimum absolute atomic E-state index is 0.208. The number of ether oxygens (including phenoxy) is 1. The third kappa shape index (κ3) is 3.44. The number of hydrogen-bond acceptors (Lipinski definition) is 4. The summed E-state index contributed by atoms with van der Waals surface area (Å²) in [6.07, 6.45) is 8.03. The van der Waals surface area contributed by atoms with Crippen molar-refractivity contribution in [2.45, 2.75) is 12.5 Å². The molecule has 3 N–H and O–H groups in total. The molecule has 1 unspecified atom stereocenters. The zero-order valence-electron chi connectivity index (χ0n) is 8.74. The van der Waals surface area contributed by atoms with Crippen molar-refractivity contribution in [1.82, 2.24) is 5.32 Å². The van der Waals surface area contributed by atoms with Gasteiger partial charge in [-0.2, -0.15) is 0 Å². The van der Waals surface area contributed by atoms with Crippen LogP contribution in [-0.4, -0.2) is 31.1 Å². The molecule has 15 heavy (non-hydrogen) atoms. The lowest BCUT2D eigenvalue weighted by Crippen LogP contribution is -2.52. The van der Waals surface area contributed by atoms with Crippen LogP contribution >= 0.6 is 0 Å². The highest BCUT2D eigenvalue weighted by molar-refractivity contribution is 5.92. The van der Waals surface area contributed by atoms with Crippen molar-refractivity contribution in [2.75, 3.05) is 13.7 Å². The number of hydrogen-bond donors (Lipinski definition) is 2. The van der Waals surface area contributed by atoms with Crippen molar-refractivity contribution < 1.29 is 14.3 Å². The van der Waals surface area contributed by atoms with Gasteiger partial charge in [0.1, 0.15) is 0 Å². The second kappa shape index (κ2) is 5.83. The Hall–Kier alpha value is -1.80. The molecule has 0 aromatic rings. The third-order valence-corrected chi connectivity index (χ3v) is 1.61. The summed E-state index contributed by atoms with van der Waals surface area (Å²) in [5.74, 6) is 1.02. The maximum Gasteiger partial charge on any atom is 0.348 e. The molecule has 0 fully saturated rings. The highest BCUT2D eigenvalue weighted by Gasteiger charge is 2.35. The summed E-state index contributed by atoms with van der Waals surface area (Å²) < 4.78 is 4.52. The second-order valence-electron chi connectivity index (χ2n) is 2.76. The quantitative estimate of drug-likeness (QED) is 0.361. The SMILES string of the molecule is C#CC(C=CCN)(NC(C)=O)C(=O)OC. The van der Waals surface area contributed by atoms with Gasteiger partial charge in [0.2, 0.25) is 11.4 Å². The van der Waals surface area contributed by atoms with Crippen molar-refractivity contribution in [3.63, 3.8) is 0 Å². The average Bonchev–Trinajstić information content (AvgIpc) is 2.22. The zero-order chi connectivity index (χ0) is 11.9. The van der Waals surface area contributed by atoms with Crippen LogP contribution in [0.25, 0.3) is 0 Å². The molecular weight excluding hydrogens is 196 g/mol. The van der Waals surface area contributed by atoms with E-state index in [1.807, 2.05) is 0 Å². The zero-order valence-corrected chi connectivity index (χ0v) is 8.74. The first-order valence-corrected chi connectivity index (χ1v) is 4.25. The molecule has 0 saturated heterocycles. The molecule has 0 radical (unpaired) electrons. The number of amides is 1. The first kappa shape index (κ1) is 13.2. The number of nitrogens with one attached hydrogen (secondary N) is 1. The molecule has 0 rings (SSSR count). The normalized spacial score (nSPS) is 14.0. The Morgan fingerprint density at radius 1 is 1.67 bits per heavy atom. The van der Waals surface area contributed by atoms with Crippen LogP contribution in [-0.2, 0) is 14.3 Å². The van der Waals surface area contributed by atoms with Crippen LogP contribution in [0.3, 0.4) is 0 Å². The maximum absolute atomic E-state index is 11.4. The van der Waals surface area contributed by atoms with Gasteiger partial charge >= 0.3 is 5.97 Å². The second-order valence-corrected chi connectivity index (χ2v) is 2.76. The Balaban J connectivity index is 5.12. The monoisotopic (exact) mass is 210 g/mol. The van der Waals surface area contributed by atoms with E-state index in [4.69, 9.17) is 12.2 Å². The van der Waals surface area contributed by atoms with Gasteiger partial charge in [-0.15, -0.1) is 6.42 Å². The van der Waals surface area contributed by atoms with Crippen molar-refractivity contribution in [3.8, 4) is 12.3 Å². The number of methoxy groups -OCH3 is 1. The van der Waals surface area contributed by atoms with E-state index in [9.17, 15) is 9.59 Å². The Bertz CT molecular complexity index is 317. The summed E-state index contributed by atoms with van der Waals surface area (Å²) in [5.41, 5.74) is 3.67. The molecule has 5 nitrogen and oxygen atoms in total. The van der Waals surface area contributed by atoms with Crippen molar-refractivity contribution in [3.05, 3.63) is 12.2 Å². The minimum atomic E-state index is -1.57. The smallest absolute Gasteiger partial charge is 0.348 e. The average molecular weight is 210 g/mol. The summed E-state index contributed by atoms with van der Waals surface area (Å²) in [6, 6.07) is 0. The van der Waals surface area contributed by atoms with Gasteiger partial charge in [0.25, 0.3) is 0 Å². The van der Waals surface area contributed by atoms with E-state index < -0.39 is 17.4 Å². The first-order chi connectivity index (χ1) is 7.02. The minimum Gasteiger partial charge on any atom is -0.466 e. The lowest BCUT2D eigenvalue weighted by atomic mass is 10.00. The molecular formula is C10H14N2O3. The Morgan fingerprint density at radius 3 is 2.60 bits per heavy atom. The van der Waals surface area contributed by atoms with E-state index in [-0.39, 0.29) is 6.54 Å². The summed E-state index contributed by atoms with van der Waals surface area (Å²) in [5, 5.41) is 2.34. The van der Waals surface area contributed by atoms with Crippen LogP contribution in [0.2, 0.25) is 0 Å². The van der Waals surface area contributed by atoms with Gasteiger partial charge in [0, 0.05) is 13.5 Å². The lowest BCUT2D eigenvalue weighted by Gasteiger charge is -2.22. The predicted octanol–water partition coefficient (Wildman–Crippen LogP) is -0.818. The van der Waals surface area contributed by atoms with Crippen molar-refractivity contribution in [1.29, 1.82) is 0 Å². The highest BCUT2D eigenvalue weighted by Crippen LogP contribution is 2.08. The summed E-state index contributed by atoms with van der Waals surface area (Å²) in [7, 11) is 1.19. The molecule has 0 aliphatic heterocycles. The van der Waals surface area contributed by atoms with Gasteiger partial charge in [-0.1, -0.05) is 12.0 Å². The van der Waals surface area contributed by atoms with Crippen molar-refractivity contribution >= 4 is 11.9 Å². The molecule has 0 saturated carbocycles. The summed E-state index contributed by atoms with van der Waals surface area (Å²) in [4.78, 5) is 22.4. The number of nitrogens with two attached hydrogens (primary N) is 1. The van der Waals surface area contributed by atoms with Gasteiger partial charge in [-0.3, -0.25) is 4.79 Å². The molecule has 0 aliphatic rings. The fourth-order valence-corrected chi connectivity index (χ4v) is 0.987. The number of esters is 1. The summed E-state index contributed by atoms with van der Waals surface area (Å²) >= 11 is 0. The standard InChI is InChI=1S/C10H14N2O3/c1-4-10(6-5-7-11,9(14)15-3)12-8(2)13/h1,5-6H,7,11H2,2-3H3,(H,12,13). The van der Waals surface area contributed by atoms with Crippen LogP contribution in [0.1, 0.15) is 6.92 Å². The molecule has 1 amide bonds. The molecule has 0 aromatic heterocycles. The van der Waals surface area contributed by atoms with Crippen LogP contribution < -0.4 is 11.1 Å². The van der Waals surface area contributed by atoms with E-state index in [1.54, 1.807) is 0 Å². The molecule has 0 aliphatic carbocycles. The molecule has 1 atom stereocenters. The number of rotatable bonds is 4. The van der Waals surface area contributed by atoms with E-state index in [0.29, 0.717) is 0 Å². The topological polar surface area (TPSA) is 81.4 Å². The van der Waals surface area contributed by atoms with E-state index in [0.717, 1.165) is 0 Å². The molecule has 82 valence electrons. The van der Waals surface area contributed by atoms with Crippen LogP contribution in [0, 0.1) is 12.3 Å². The van der Waals surface area contributed by atoms with Gasteiger partial charge in [0.05, 0.1) is 7.11 Å². The van der Waals surface area contributed by atoms with Crippen LogP contribution in [0.4, 0.5) is 0 Å². The molecule has 0 bridgehead atoms. The molecule has 0 aromatic carbocycles. The molecule has 0 spiro atoms. The Labute approximate surface area is 88.7 Å². The fourth-order valence-electron chi connectivity index (χ4n) is 0.987. The predicted molar refractivity (Wildman–Crippen MR) is 55.6 cm³/mol. The largest absolute Gasteiger partial charge is 0.466 e. The van der Waals surface area contributed by atoms with Gasteiger partial charge in [0.15, 0.2) is 0 Å². The third-order valence-electron chi connectivity index (χ3n) is 1.61. The summed E-state index contributed by atoms with van der Waals surface area (Å²) in [6.45, 7) is 1.46.